The molecule has 3 aromatic rings. The first-order valence-electron chi connectivity index (χ1n) is 11.2. The summed E-state index contributed by atoms with van der Waals surface area (Å²) in [5.41, 5.74) is -0.230. The third-order valence-electron chi connectivity index (χ3n) is 5.48. The highest BCUT2D eigenvalue weighted by Gasteiger charge is 2.42. The first kappa shape index (κ1) is 27.2. The minimum absolute atomic E-state index is 0.0234. The van der Waals surface area contributed by atoms with Gasteiger partial charge in [0.15, 0.2) is 0 Å². The number of ether oxygens (including phenoxy) is 1. The Hall–Kier alpha value is -4.40. The Morgan fingerprint density at radius 2 is 1.84 bits per heavy atom. The highest BCUT2D eigenvalue weighted by molar-refractivity contribution is 6.15. The molecule has 12 heteroatoms. The van der Waals surface area contributed by atoms with Crippen molar-refractivity contribution in [2.24, 2.45) is 0 Å². The van der Waals surface area contributed by atoms with Gasteiger partial charge in [0.1, 0.15) is 17.5 Å². The van der Waals surface area contributed by atoms with Gasteiger partial charge in [-0.25, -0.2) is 8.78 Å². The number of nitriles is 1. The molecule has 1 aliphatic rings. The molecule has 0 radical (unpaired) electrons. The molecule has 1 N–H and O–H groups in total. The number of carbonyl (C=O) groups is 2. The number of hydrogen-bond acceptors (Lipinski definition) is 5. The summed E-state index contributed by atoms with van der Waals surface area (Å²) in [4.78, 5) is 27.3. The average Bonchev–Trinajstić information content (AvgIpc) is 3.35. The largest absolute Gasteiger partial charge is 0.495 e. The van der Waals surface area contributed by atoms with Gasteiger partial charge >= 0.3 is 12.3 Å². The SMILES string of the molecule is CC.COc1ccc(NC(=O)c2cnn3c2C(=O)N(c2ccc(C(F)(F)C(F)F)cc2)CC3)cc1C#N. The number of hydrogen-bond donors (Lipinski definition) is 1. The first-order chi connectivity index (χ1) is 17.7. The number of benzene rings is 2. The lowest BCUT2D eigenvalue weighted by Crippen LogP contribution is -2.41. The van der Waals surface area contributed by atoms with Crippen LogP contribution in [0.15, 0.2) is 48.7 Å². The predicted octanol–water partition coefficient (Wildman–Crippen LogP) is 5.06. The number of nitrogens with one attached hydrogen (secondary N) is 1. The van der Waals surface area contributed by atoms with Gasteiger partial charge in [-0.1, -0.05) is 26.0 Å². The van der Waals surface area contributed by atoms with E-state index in [4.69, 9.17) is 4.74 Å². The molecule has 194 valence electrons. The summed E-state index contributed by atoms with van der Waals surface area (Å²) in [7, 11) is 1.41. The number of amides is 2. The minimum atomic E-state index is -4.32. The summed E-state index contributed by atoms with van der Waals surface area (Å²) in [5, 5.41) is 15.9. The normalized spacial score (nSPS) is 12.8. The van der Waals surface area contributed by atoms with Crippen molar-refractivity contribution in [3.63, 3.8) is 0 Å². The minimum Gasteiger partial charge on any atom is -0.495 e. The van der Waals surface area contributed by atoms with Gasteiger partial charge in [-0.2, -0.15) is 19.1 Å². The van der Waals surface area contributed by atoms with Crippen molar-refractivity contribution in [3.8, 4) is 11.8 Å². The van der Waals surface area contributed by atoms with Crippen molar-refractivity contribution in [1.29, 1.82) is 5.26 Å². The number of carbonyl (C=O) groups excluding carboxylic acids is 2. The van der Waals surface area contributed by atoms with Crippen molar-refractivity contribution in [3.05, 3.63) is 71.0 Å². The quantitative estimate of drug-likeness (QED) is 0.461. The molecule has 0 unspecified atom stereocenters. The molecule has 0 fully saturated rings. The average molecular weight is 517 g/mol. The lowest BCUT2D eigenvalue weighted by atomic mass is 10.1. The second-order valence-corrected chi connectivity index (χ2v) is 7.54. The zero-order valence-corrected chi connectivity index (χ0v) is 20.1. The number of nitrogens with zero attached hydrogens (tertiary/aromatic N) is 4. The fourth-order valence-corrected chi connectivity index (χ4v) is 3.68. The Morgan fingerprint density at radius 3 is 2.43 bits per heavy atom. The molecule has 0 saturated heterocycles. The number of anilines is 2. The number of methoxy groups -OCH3 is 1. The Balaban J connectivity index is 0.00000186. The highest BCUT2D eigenvalue weighted by atomic mass is 19.3. The summed E-state index contributed by atoms with van der Waals surface area (Å²) in [5.74, 6) is -5.25. The maximum atomic E-state index is 13.6. The van der Waals surface area contributed by atoms with E-state index >= 15 is 0 Å². The van der Waals surface area contributed by atoms with Gasteiger partial charge in [0, 0.05) is 23.5 Å². The molecule has 4 rings (SSSR count). The van der Waals surface area contributed by atoms with E-state index in [2.05, 4.69) is 10.4 Å². The van der Waals surface area contributed by atoms with Crippen molar-refractivity contribution < 1.29 is 31.9 Å². The topological polar surface area (TPSA) is 100 Å². The standard InChI is InChI=1S/C23H17F4N5O3.C2H6/c1-35-18-7-4-15(10-13(18)11-28)30-20(33)17-12-29-32-9-8-31(21(34)19(17)32)16-5-2-14(3-6-16)23(26,27)22(24)25;1-2/h2-7,10,12,22H,8-9H2,1H3,(H,30,33);1-2H3. The number of aromatic nitrogens is 2. The molecule has 1 aliphatic heterocycles. The summed E-state index contributed by atoms with van der Waals surface area (Å²) in [6.45, 7) is 4.34. The van der Waals surface area contributed by atoms with Gasteiger partial charge < -0.3 is 15.0 Å². The van der Waals surface area contributed by atoms with Crippen LogP contribution >= 0.6 is 0 Å². The summed E-state index contributed by atoms with van der Waals surface area (Å²) in [6, 6.07) is 10.4. The number of alkyl halides is 4. The Bertz CT molecular complexity index is 1330. The fraction of sp³-hybridized carbons (Fsp3) is 0.280. The van der Waals surface area contributed by atoms with Crippen LogP contribution in [0.2, 0.25) is 0 Å². The summed E-state index contributed by atoms with van der Waals surface area (Å²) < 4.78 is 58.8. The molecule has 0 aliphatic carbocycles. The highest BCUT2D eigenvalue weighted by Crippen LogP contribution is 2.35. The third-order valence-corrected chi connectivity index (χ3v) is 5.48. The van der Waals surface area contributed by atoms with Crippen LogP contribution in [-0.4, -0.2) is 41.7 Å². The van der Waals surface area contributed by atoms with Crippen LogP contribution < -0.4 is 15.0 Å². The van der Waals surface area contributed by atoms with E-state index < -0.39 is 29.7 Å². The first-order valence-corrected chi connectivity index (χ1v) is 11.2. The Kier molecular flexibility index (Phi) is 8.17. The molecule has 2 amide bonds. The Labute approximate surface area is 210 Å². The third kappa shape index (κ3) is 5.25. The van der Waals surface area contributed by atoms with Crippen molar-refractivity contribution in [2.45, 2.75) is 32.7 Å². The van der Waals surface area contributed by atoms with Gasteiger partial charge in [-0.3, -0.25) is 14.3 Å². The lowest BCUT2D eigenvalue weighted by Gasteiger charge is -2.28. The zero-order chi connectivity index (χ0) is 27.3. The van der Waals surface area contributed by atoms with E-state index in [-0.39, 0.29) is 35.6 Å². The predicted molar refractivity (Wildman–Crippen MR) is 127 cm³/mol. The second-order valence-electron chi connectivity index (χ2n) is 7.54. The maximum Gasteiger partial charge on any atom is 0.332 e. The molecule has 1 aromatic heterocycles. The van der Waals surface area contributed by atoms with Crippen molar-refractivity contribution >= 4 is 23.2 Å². The van der Waals surface area contributed by atoms with E-state index in [1.165, 1.54) is 41.1 Å². The summed E-state index contributed by atoms with van der Waals surface area (Å²) in [6.07, 6.45) is -2.64. The lowest BCUT2D eigenvalue weighted by molar-refractivity contribution is -0.135. The smallest absolute Gasteiger partial charge is 0.332 e. The van der Waals surface area contributed by atoms with Crippen LogP contribution in [0.5, 0.6) is 5.75 Å². The van der Waals surface area contributed by atoms with E-state index in [0.29, 0.717) is 11.4 Å². The van der Waals surface area contributed by atoms with Gasteiger partial charge in [-0.15, -0.1) is 0 Å². The monoisotopic (exact) mass is 517 g/mol. The van der Waals surface area contributed by atoms with E-state index in [9.17, 15) is 32.4 Å². The Morgan fingerprint density at radius 1 is 1.16 bits per heavy atom. The van der Waals surface area contributed by atoms with Crippen molar-refractivity contribution in [2.75, 3.05) is 23.9 Å². The van der Waals surface area contributed by atoms with Gasteiger partial charge in [-0.05, 0) is 30.3 Å². The molecule has 0 spiro atoms. The van der Waals surface area contributed by atoms with Crippen LogP contribution in [-0.2, 0) is 12.5 Å². The van der Waals surface area contributed by atoms with Gasteiger partial charge in [0.2, 0.25) is 0 Å². The van der Waals surface area contributed by atoms with Gasteiger partial charge in [0.25, 0.3) is 11.8 Å². The zero-order valence-electron chi connectivity index (χ0n) is 20.1. The molecular formula is C25H23F4N5O3. The molecule has 0 atom stereocenters. The van der Waals surface area contributed by atoms with Crippen LogP contribution in [0.3, 0.4) is 0 Å². The van der Waals surface area contributed by atoms with Crippen molar-refractivity contribution in [1.82, 2.24) is 9.78 Å². The molecule has 37 heavy (non-hydrogen) atoms. The number of halogens is 4. The summed E-state index contributed by atoms with van der Waals surface area (Å²) >= 11 is 0. The number of fused-ring (bicyclic) bond motifs is 1. The molecule has 0 bridgehead atoms. The molecular weight excluding hydrogens is 494 g/mol. The number of rotatable bonds is 6. The van der Waals surface area contributed by atoms with E-state index in [0.717, 1.165) is 24.3 Å². The molecule has 8 nitrogen and oxygen atoms in total. The van der Waals surface area contributed by atoms with E-state index in [1.807, 2.05) is 19.9 Å². The van der Waals surface area contributed by atoms with E-state index in [1.54, 1.807) is 0 Å². The molecule has 2 heterocycles. The maximum absolute atomic E-state index is 13.6. The molecule has 0 saturated carbocycles. The molecule has 2 aromatic carbocycles. The van der Waals surface area contributed by atoms with Crippen LogP contribution in [0.25, 0.3) is 0 Å². The second kappa shape index (κ2) is 11.1. The van der Waals surface area contributed by atoms with Crippen LogP contribution in [0.4, 0.5) is 28.9 Å². The fourth-order valence-electron chi connectivity index (χ4n) is 3.68. The van der Waals surface area contributed by atoms with Crippen LogP contribution in [0, 0.1) is 11.3 Å². The van der Waals surface area contributed by atoms with Gasteiger partial charge in [0.05, 0.1) is 31.0 Å². The van der Waals surface area contributed by atoms with Crippen LogP contribution in [0.1, 0.15) is 45.8 Å².